The van der Waals surface area contributed by atoms with Gasteiger partial charge in [0.1, 0.15) is 5.02 Å². The fourth-order valence-electron chi connectivity index (χ4n) is 0.757. The number of hydrogen-bond donors (Lipinski definition) is 2. The van der Waals surface area contributed by atoms with Crippen molar-refractivity contribution in [3.05, 3.63) is 20.6 Å². The Morgan fingerprint density at radius 1 is 0.923 bits per heavy atom. The van der Waals surface area contributed by atoms with Gasteiger partial charge in [-0.25, -0.2) is 0 Å². The summed E-state index contributed by atoms with van der Waals surface area (Å²) in [7, 11) is 0. The van der Waals surface area contributed by atoms with Gasteiger partial charge < -0.3 is 10.2 Å². The van der Waals surface area contributed by atoms with Crippen molar-refractivity contribution in [3.8, 4) is 11.5 Å². The third-order valence-corrected chi connectivity index (χ3v) is 2.66. The Morgan fingerprint density at radius 2 is 1.38 bits per heavy atom. The van der Waals surface area contributed by atoms with Crippen LogP contribution in [0.3, 0.4) is 0 Å². The zero-order valence-corrected chi connectivity index (χ0v) is 8.28. The number of phenols is 2. The molecule has 0 amide bonds. The Morgan fingerprint density at radius 3 is 1.85 bits per heavy atom. The predicted octanol–water partition coefficient (Wildman–Crippen LogP) is 2.87. The molecule has 0 aromatic heterocycles. The number of aromatic hydroxyl groups is 2. The molecule has 0 aliphatic rings. The van der Waals surface area contributed by atoms with Crippen LogP contribution in [0.1, 0.15) is 10.4 Å². The van der Waals surface area contributed by atoms with Crippen molar-refractivity contribution in [2.45, 2.75) is 0 Å². The number of carbonyl (C=O) groups is 1. The maximum Gasteiger partial charge on any atom is 0.179 e. The lowest BCUT2D eigenvalue weighted by molar-refractivity contribution is 0.112. The first-order valence-corrected chi connectivity index (χ1v) is 4.17. The van der Waals surface area contributed by atoms with E-state index in [2.05, 4.69) is 0 Å². The number of carbonyl (C=O) groups excluding carboxylic acids is 1. The summed E-state index contributed by atoms with van der Waals surface area (Å²) in [6.07, 6.45) is 0.343. The maximum atomic E-state index is 10.4. The van der Waals surface area contributed by atoms with Gasteiger partial charge in [0, 0.05) is 0 Å². The number of halogens is 3. The SMILES string of the molecule is O=Cc1c(Cl)c(O)c(O)c(Cl)c1Cl. The third-order valence-electron chi connectivity index (χ3n) is 1.42. The van der Waals surface area contributed by atoms with Gasteiger partial charge in [0.2, 0.25) is 0 Å². The Bertz CT molecular complexity index is 347. The van der Waals surface area contributed by atoms with Crippen LogP contribution < -0.4 is 0 Å². The van der Waals surface area contributed by atoms with Crippen molar-refractivity contribution >= 4 is 41.1 Å². The van der Waals surface area contributed by atoms with E-state index in [9.17, 15) is 4.79 Å². The number of rotatable bonds is 1. The van der Waals surface area contributed by atoms with Crippen LogP contribution >= 0.6 is 34.8 Å². The Balaban J connectivity index is 3.66. The molecule has 0 aliphatic carbocycles. The van der Waals surface area contributed by atoms with Gasteiger partial charge in [0.15, 0.2) is 17.8 Å². The first-order chi connectivity index (χ1) is 6.00. The second-order valence-electron chi connectivity index (χ2n) is 2.17. The molecule has 1 rings (SSSR count). The molecule has 0 atom stereocenters. The molecule has 0 bridgehead atoms. The van der Waals surface area contributed by atoms with E-state index >= 15 is 0 Å². The van der Waals surface area contributed by atoms with Gasteiger partial charge in [0.05, 0.1) is 15.6 Å². The molecule has 3 nitrogen and oxygen atoms in total. The zero-order valence-electron chi connectivity index (χ0n) is 6.01. The molecule has 13 heavy (non-hydrogen) atoms. The van der Waals surface area contributed by atoms with Gasteiger partial charge >= 0.3 is 0 Å². The van der Waals surface area contributed by atoms with Gasteiger partial charge in [-0.15, -0.1) is 0 Å². The molecule has 1 aromatic rings. The minimum absolute atomic E-state index is 0.149. The summed E-state index contributed by atoms with van der Waals surface area (Å²) in [4.78, 5) is 10.4. The number of aldehydes is 1. The van der Waals surface area contributed by atoms with Crippen LogP contribution in [-0.4, -0.2) is 16.5 Å². The average Bonchev–Trinajstić information content (AvgIpc) is 2.13. The summed E-state index contributed by atoms with van der Waals surface area (Å²) in [6, 6.07) is 0. The minimum Gasteiger partial charge on any atom is -0.503 e. The molecule has 0 spiro atoms. The second kappa shape index (κ2) is 3.62. The molecule has 2 N–H and O–H groups in total. The topological polar surface area (TPSA) is 57.5 Å². The van der Waals surface area contributed by atoms with Crippen molar-refractivity contribution in [1.29, 1.82) is 0 Å². The van der Waals surface area contributed by atoms with Crippen LogP contribution in [0.25, 0.3) is 0 Å². The molecular formula is C7H3Cl3O3. The van der Waals surface area contributed by atoms with Gasteiger partial charge in [-0.3, -0.25) is 4.79 Å². The maximum absolute atomic E-state index is 10.4. The van der Waals surface area contributed by atoms with Gasteiger partial charge in [-0.1, -0.05) is 34.8 Å². The fraction of sp³-hybridized carbons (Fsp3) is 0. The lowest BCUT2D eigenvalue weighted by atomic mass is 10.2. The zero-order chi connectivity index (χ0) is 10.2. The Hall–Kier alpha value is -0.640. The summed E-state index contributed by atoms with van der Waals surface area (Å²) in [5.41, 5.74) is -0.149. The highest BCUT2D eigenvalue weighted by molar-refractivity contribution is 6.47. The summed E-state index contributed by atoms with van der Waals surface area (Å²) < 4.78 is 0. The average molecular weight is 241 g/mol. The smallest absolute Gasteiger partial charge is 0.179 e. The standard InChI is InChI=1S/C7H3Cl3O3/c8-3-2(1-11)4(9)6(12)7(13)5(3)10/h1,12-13H. The van der Waals surface area contributed by atoms with Crippen molar-refractivity contribution < 1.29 is 15.0 Å². The molecule has 0 radical (unpaired) electrons. The van der Waals surface area contributed by atoms with E-state index in [1.807, 2.05) is 0 Å². The fourth-order valence-corrected chi connectivity index (χ4v) is 1.45. The first-order valence-electron chi connectivity index (χ1n) is 3.04. The van der Waals surface area contributed by atoms with Gasteiger partial charge in [-0.2, -0.15) is 0 Å². The van der Waals surface area contributed by atoms with Crippen LogP contribution in [-0.2, 0) is 0 Å². The molecule has 6 heteroatoms. The van der Waals surface area contributed by atoms with Crippen molar-refractivity contribution in [2.75, 3.05) is 0 Å². The minimum atomic E-state index is -0.654. The van der Waals surface area contributed by atoms with E-state index in [0.29, 0.717) is 6.29 Å². The molecule has 0 unspecified atom stereocenters. The monoisotopic (exact) mass is 240 g/mol. The van der Waals surface area contributed by atoms with E-state index in [1.165, 1.54) is 0 Å². The third kappa shape index (κ3) is 1.55. The van der Waals surface area contributed by atoms with Crippen LogP contribution in [0.4, 0.5) is 0 Å². The number of phenolic OH excluding ortho intramolecular Hbond substituents is 2. The molecular weight excluding hydrogens is 238 g/mol. The Labute approximate surface area is 88.5 Å². The highest BCUT2D eigenvalue weighted by atomic mass is 35.5. The van der Waals surface area contributed by atoms with Crippen LogP contribution in [0.2, 0.25) is 15.1 Å². The lowest BCUT2D eigenvalue weighted by Gasteiger charge is -2.07. The highest BCUT2D eigenvalue weighted by Crippen LogP contribution is 2.45. The van der Waals surface area contributed by atoms with E-state index in [1.54, 1.807) is 0 Å². The van der Waals surface area contributed by atoms with Gasteiger partial charge in [0.25, 0.3) is 0 Å². The van der Waals surface area contributed by atoms with E-state index in [0.717, 1.165) is 0 Å². The summed E-state index contributed by atoms with van der Waals surface area (Å²) in [5.74, 6) is -1.29. The Kier molecular flexibility index (Phi) is 2.91. The van der Waals surface area contributed by atoms with Gasteiger partial charge in [-0.05, 0) is 0 Å². The molecule has 0 saturated heterocycles. The number of hydrogen-bond acceptors (Lipinski definition) is 3. The van der Waals surface area contributed by atoms with E-state index in [-0.39, 0.29) is 20.6 Å². The van der Waals surface area contributed by atoms with Crippen molar-refractivity contribution in [1.82, 2.24) is 0 Å². The normalized spacial score (nSPS) is 10.1. The van der Waals surface area contributed by atoms with E-state index < -0.39 is 11.5 Å². The van der Waals surface area contributed by atoms with Crippen molar-refractivity contribution in [2.24, 2.45) is 0 Å². The van der Waals surface area contributed by atoms with Crippen LogP contribution in [0, 0.1) is 0 Å². The lowest BCUT2D eigenvalue weighted by Crippen LogP contribution is -1.87. The summed E-state index contributed by atoms with van der Waals surface area (Å²) in [6.45, 7) is 0. The molecule has 0 saturated carbocycles. The molecule has 0 fully saturated rings. The van der Waals surface area contributed by atoms with Crippen molar-refractivity contribution in [3.63, 3.8) is 0 Å². The summed E-state index contributed by atoms with van der Waals surface area (Å²) in [5, 5.41) is 17.5. The largest absolute Gasteiger partial charge is 0.503 e. The second-order valence-corrected chi connectivity index (χ2v) is 3.30. The van der Waals surface area contributed by atoms with E-state index in [4.69, 9.17) is 45.0 Å². The molecule has 0 heterocycles. The van der Waals surface area contributed by atoms with Crippen LogP contribution in [0.5, 0.6) is 11.5 Å². The molecule has 70 valence electrons. The molecule has 1 aromatic carbocycles. The van der Waals surface area contributed by atoms with Crippen LogP contribution in [0.15, 0.2) is 0 Å². The molecule has 0 aliphatic heterocycles. The quantitative estimate of drug-likeness (QED) is 0.451. The number of benzene rings is 1. The predicted molar refractivity (Wildman–Crippen MR) is 50.2 cm³/mol. The first kappa shape index (κ1) is 10.4. The summed E-state index contributed by atoms with van der Waals surface area (Å²) >= 11 is 16.5. The highest BCUT2D eigenvalue weighted by Gasteiger charge is 2.19.